The van der Waals surface area contributed by atoms with Crippen LogP contribution in [0.25, 0.3) is 10.9 Å². The van der Waals surface area contributed by atoms with E-state index in [2.05, 4.69) is 30.9 Å². The van der Waals surface area contributed by atoms with Crippen LogP contribution in [0.15, 0.2) is 40.3 Å². The van der Waals surface area contributed by atoms with Gasteiger partial charge in [0.15, 0.2) is 5.69 Å². The van der Waals surface area contributed by atoms with E-state index in [0.29, 0.717) is 17.2 Å². The molecule has 0 saturated carbocycles. The molecule has 4 bridgehead atoms. The highest BCUT2D eigenvalue weighted by Crippen LogP contribution is 2.28. The summed E-state index contributed by atoms with van der Waals surface area (Å²) in [5.41, 5.74) is 2.30. The lowest BCUT2D eigenvalue weighted by Crippen LogP contribution is -2.48. The summed E-state index contributed by atoms with van der Waals surface area (Å²) in [7, 11) is 0. The van der Waals surface area contributed by atoms with E-state index >= 15 is 0 Å². The number of amides is 4. The number of rotatable bonds is 5. The lowest BCUT2D eigenvalue weighted by Gasteiger charge is -2.28. The summed E-state index contributed by atoms with van der Waals surface area (Å²) in [4.78, 5) is 67.5. The zero-order valence-corrected chi connectivity index (χ0v) is 27.8. The van der Waals surface area contributed by atoms with E-state index in [0.717, 1.165) is 16.5 Å². The second-order valence-electron chi connectivity index (χ2n) is 12.5. The number of aromatic amines is 1. The van der Waals surface area contributed by atoms with Gasteiger partial charge in [0.2, 0.25) is 17.7 Å². The number of hydrogen-bond donors (Lipinski definition) is 4. The van der Waals surface area contributed by atoms with Gasteiger partial charge in [0, 0.05) is 41.5 Å². The first kappa shape index (κ1) is 32.9. The Morgan fingerprint density at radius 3 is 2.50 bits per heavy atom. The number of thiazole rings is 1. The molecule has 0 aliphatic carbocycles. The Kier molecular flexibility index (Phi) is 9.90. The Morgan fingerprint density at radius 1 is 1.02 bits per heavy atom. The monoisotopic (exact) mass is 647 g/mol. The van der Waals surface area contributed by atoms with Gasteiger partial charge < -0.3 is 30.3 Å². The molecule has 4 aromatic rings. The summed E-state index contributed by atoms with van der Waals surface area (Å²) in [5.74, 6) is -1.10. The highest BCUT2D eigenvalue weighted by atomic mass is 32.1. The van der Waals surface area contributed by atoms with Gasteiger partial charge in [-0.1, -0.05) is 45.9 Å². The number of oxazole rings is 1. The molecule has 4 amide bonds. The minimum absolute atomic E-state index is 0.0435. The number of carbonyl (C=O) groups is 4. The maximum atomic E-state index is 13.7. The van der Waals surface area contributed by atoms with Gasteiger partial charge in [-0.05, 0) is 43.7 Å². The van der Waals surface area contributed by atoms with Crippen LogP contribution in [0.2, 0.25) is 0 Å². The third-order valence-electron chi connectivity index (χ3n) is 8.09. The molecule has 46 heavy (non-hydrogen) atoms. The Bertz CT molecular complexity index is 1740. The van der Waals surface area contributed by atoms with Crippen molar-refractivity contribution in [1.29, 1.82) is 0 Å². The number of aromatic nitrogens is 3. The van der Waals surface area contributed by atoms with Crippen LogP contribution in [0.3, 0.4) is 0 Å². The molecule has 0 saturated heterocycles. The van der Waals surface area contributed by atoms with E-state index in [1.165, 1.54) is 16.2 Å². The summed E-state index contributed by atoms with van der Waals surface area (Å²) in [6.45, 7) is 11.1. The average molecular weight is 648 g/mol. The molecule has 1 aliphatic heterocycles. The molecular weight excluding hydrogens is 606 g/mol. The van der Waals surface area contributed by atoms with E-state index in [1.807, 2.05) is 58.2 Å². The first-order chi connectivity index (χ1) is 21.9. The van der Waals surface area contributed by atoms with Crippen molar-refractivity contribution in [2.24, 2.45) is 11.8 Å². The van der Waals surface area contributed by atoms with Gasteiger partial charge in [0.25, 0.3) is 11.8 Å². The largest absolute Gasteiger partial charge is 0.443 e. The molecule has 12 nitrogen and oxygen atoms in total. The second-order valence-corrected chi connectivity index (χ2v) is 13.4. The normalized spacial score (nSPS) is 20.0. The van der Waals surface area contributed by atoms with Crippen molar-refractivity contribution in [2.75, 3.05) is 13.1 Å². The van der Waals surface area contributed by atoms with Crippen LogP contribution < -0.4 is 16.0 Å². The second kappa shape index (κ2) is 13.9. The molecule has 4 heterocycles. The molecule has 4 N–H and O–H groups in total. The number of carbonyl (C=O) groups excluding carboxylic acids is 4. The van der Waals surface area contributed by atoms with Gasteiger partial charge in [-0.2, -0.15) is 0 Å². The number of nitrogens with one attached hydrogen (secondary N) is 4. The van der Waals surface area contributed by atoms with Crippen molar-refractivity contribution >= 4 is 45.9 Å². The minimum Gasteiger partial charge on any atom is -0.443 e. The van der Waals surface area contributed by atoms with E-state index in [4.69, 9.17) is 4.42 Å². The first-order valence-corrected chi connectivity index (χ1v) is 16.5. The summed E-state index contributed by atoms with van der Waals surface area (Å²) in [5, 5.41) is 12.2. The zero-order chi connectivity index (χ0) is 33.1. The van der Waals surface area contributed by atoms with E-state index in [1.54, 1.807) is 19.2 Å². The molecule has 1 aromatic carbocycles. The van der Waals surface area contributed by atoms with Crippen molar-refractivity contribution in [1.82, 2.24) is 35.8 Å². The number of fused-ring (bicyclic) bond motifs is 5. The average Bonchev–Trinajstić information content (AvgIpc) is 3.75. The highest BCUT2D eigenvalue weighted by Gasteiger charge is 2.31. The lowest BCUT2D eigenvalue weighted by molar-refractivity contribution is -0.136. The van der Waals surface area contributed by atoms with Crippen LogP contribution in [0.4, 0.5) is 0 Å². The molecule has 3 atom stereocenters. The van der Waals surface area contributed by atoms with Crippen molar-refractivity contribution in [2.45, 2.75) is 72.5 Å². The maximum absolute atomic E-state index is 13.7. The summed E-state index contributed by atoms with van der Waals surface area (Å²) in [6.07, 6.45) is 2.57. The molecule has 5 rings (SSSR count). The third kappa shape index (κ3) is 7.30. The number of aryl methyl sites for hydroxylation is 2. The van der Waals surface area contributed by atoms with Crippen molar-refractivity contribution in [3.63, 3.8) is 0 Å². The topological polar surface area (TPSA) is 162 Å². The third-order valence-corrected chi connectivity index (χ3v) is 9.02. The number of H-pyrrole nitrogens is 1. The van der Waals surface area contributed by atoms with E-state index in [-0.39, 0.29) is 60.4 Å². The zero-order valence-electron chi connectivity index (χ0n) is 27.0. The highest BCUT2D eigenvalue weighted by molar-refractivity contribution is 7.09. The molecule has 1 aliphatic rings. The summed E-state index contributed by atoms with van der Waals surface area (Å²) in [6, 6.07) is 6.29. The smallest absolute Gasteiger partial charge is 0.273 e. The SMILES string of the molecule is Cc1oc2nc1C(=O)N[C@H](C)CN(C(=O)CCc1c[nH]c3ccccc13)CC(=O)N[C@@H](C(C)C)c1nc(cs1)C(=O)N[C@@H]2C(C)C. The lowest BCUT2D eigenvalue weighted by atomic mass is 10.0. The fraction of sp³-hybridized carbons (Fsp3) is 0.455. The molecular formula is C33H41N7O5S. The van der Waals surface area contributed by atoms with Crippen LogP contribution in [0, 0.1) is 18.8 Å². The van der Waals surface area contributed by atoms with Gasteiger partial charge >= 0.3 is 0 Å². The van der Waals surface area contributed by atoms with Gasteiger partial charge in [-0.3, -0.25) is 19.2 Å². The molecule has 0 unspecified atom stereocenters. The number of nitrogens with zero attached hydrogens (tertiary/aromatic N) is 3. The Morgan fingerprint density at radius 2 is 1.76 bits per heavy atom. The van der Waals surface area contributed by atoms with Crippen molar-refractivity contribution < 1.29 is 23.6 Å². The summed E-state index contributed by atoms with van der Waals surface area (Å²) < 4.78 is 5.89. The minimum atomic E-state index is -0.611. The standard InChI is InChI=1S/C33H41N7O5S/c1-17(2)27-32-39-29(20(6)45-32)31(44)35-19(5)14-40(26(42)12-11-21-13-34-23-10-8-7-9-22(21)23)15-25(41)37-28(18(3)4)33-36-24(16-46-33)30(43)38-27/h7-10,13,16-19,27-28,34H,11-12,14-15H2,1-6H3,(H,35,44)(H,37,41)(H,38,43)/t19-,27-,28+/m1/s1. The van der Waals surface area contributed by atoms with Crippen molar-refractivity contribution in [3.8, 4) is 0 Å². The maximum Gasteiger partial charge on any atom is 0.273 e. The fourth-order valence-corrected chi connectivity index (χ4v) is 6.61. The molecule has 3 aromatic heterocycles. The molecule has 0 radical (unpaired) electrons. The Hall–Kier alpha value is -4.52. The van der Waals surface area contributed by atoms with Crippen LogP contribution in [0.1, 0.15) is 96.3 Å². The molecule has 0 fully saturated rings. The molecule has 0 spiro atoms. The van der Waals surface area contributed by atoms with Gasteiger partial charge in [-0.15, -0.1) is 11.3 Å². The number of benzene rings is 1. The van der Waals surface area contributed by atoms with Crippen LogP contribution in [-0.2, 0) is 16.0 Å². The van der Waals surface area contributed by atoms with Crippen molar-refractivity contribution in [3.05, 3.63) is 69.5 Å². The predicted octanol–water partition coefficient (Wildman–Crippen LogP) is 4.45. The van der Waals surface area contributed by atoms with Crippen LogP contribution in [-0.4, -0.2) is 62.6 Å². The predicted molar refractivity (Wildman–Crippen MR) is 174 cm³/mol. The number of para-hydroxylation sites is 1. The fourth-order valence-electron chi connectivity index (χ4n) is 5.59. The molecule has 244 valence electrons. The van der Waals surface area contributed by atoms with Gasteiger partial charge in [-0.25, -0.2) is 9.97 Å². The van der Waals surface area contributed by atoms with Crippen LogP contribution in [0.5, 0.6) is 0 Å². The van der Waals surface area contributed by atoms with E-state index in [9.17, 15) is 19.2 Å². The number of hydrogen-bond acceptors (Lipinski definition) is 8. The van der Waals surface area contributed by atoms with Gasteiger partial charge in [0.1, 0.15) is 22.5 Å². The summed E-state index contributed by atoms with van der Waals surface area (Å²) >= 11 is 1.28. The van der Waals surface area contributed by atoms with Crippen LogP contribution >= 0.6 is 11.3 Å². The van der Waals surface area contributed by atoms with Gasteiger partial charge in [0.05, 0.1) is 12.6 Å². The Balaban J connectivity index is 1.44. The quantitative estimate of drug-likeness (QED) is 0.249. The Labute approximate surface area is 271 Å². The first-order valence-electron chi connectivity index (χ1n) is 15.6. The molecule has 13 heteroatoms. The van der Waals surface area contributed by atoms with E-state index < -0.39 is 29.9 Å².